The van der Waals surface area contributed by atoms with E-state index in [1.807, 2.05) is 0 Å². The summed E-state index contributed by atoms with van der Waals surface area (Å²) in [5.41, 5.74) is 0.593. The number of β-amino-alcohol motifs (C(OH)–C–C–N with tert-alkyl or cyclic N) is 1. The molecule has 3 atom stereocenters. The molecular weight excluding hydrogens is 230 g/mol. The zero-order chi connectivity index (χ0) is 9.64. The summed E-state index contributed by atoms with van der Waals surface area (Å²) in [6.45, 7) is 7.96. The second-order valence-corrected chi connectivity index (χ2v) is 5.71. The Hall–Kier alpha value is 0.400. The van der Waals surface area contributed by atoms with Crippen molar-refractivity contribution < 1.29 is 5.11 Å². The van der Waals surface area contributed by atoms with E-state index >= 15 is 0 Å². The second-order valence-electron chi connectivity index (χ2n) is 5.06. The predicted octanol–water partition coefficient (Wildman–Crippen LogP) is 1.33. The minimum atomic E-state index is -0.194. The lowest BCUT2D eigenvalue weighted by molar-refractivity contribution is 0.130. The molecule has 0 bridgehead atoms. The number of hydrogen-bond donors (Lipinski definition) is 1. The minimum absolute atomic E-state index is 0.194. The van der Waals surface area contributed by atoms with Crippen LogP contribution in [0.1, 0.15) is 13.8 Å². The summed E-state index contributed by atoms with van der Waals surface area (Å²) in [5, 5.41) is 10.2. The number of nitrogens with zero attached hydrogens (tertiary/aromatic N) is 1. The summed E-state index contributed by atoms with van der Waals surface area (Å²) >= 11 is 3.29. The molecule has 0 aromatic rings. The summed E-state index contributed by atoms with van der Waals surface area (Å²) in [4.78, 5) is 2.40. The Bertz CT molecular complexity index is 193. The van der Waals surface area contributed by atoms with E-state index in [4.69, 9.17) is 0 Å². The fourth-order valence-electron chi connectivity index (χ4n) is 2.71. The molecule has 0 spiro atoms. The standard InChI is InChI=1S/C10H18BrNO/c1-10(2)8-5-12(6-9(8)10)4-7(13)3-11/h7-9,13H,3-6H2,1-2H3. The lowest BCUT2D eigenvalue weighted by Crippen LogP contribution is -2.34. The van der Waals surface area contributed by atoms with Gasteiger partial charge in [0.1, 0.15) is 0 Å². The summed E-state index contributed by atoms with van der Waals surface area (Å²) in [7, 11) is 0. The summed E-state index contributed by atoms with van der Waals surface area (Å²) in [5.74, 6) is 1.80. The monoisotopic (exact) mass is 247 g/mol. The van der Waals surface area contributed by atoms with Gasteiger partial charge in [0.05, 0.1) is 6.10 Å². The molecule has 3 unspecified atom stereocenters. The number of halogens is 1. The first kappa shape index (κ1) is 9.94. The molecule has 1 saturated heterocycles. The Labute approximate surface area is 88.4 Å². The van der Waals surface area contributed by atoms with Crippen molar-refractivity contribution in [3.05, 3.63) is 0 Å². The molecular formula is C10H18BrNO. The first-order valence-corrected chi connectivity index (χ1v) is 6.14. The molecule has 1 aliphatic carbocycles. The summed E-state index contributed by atoms with van der Waals surface area (Å²) < 4.78 is 0. The Kier molecular flexibility index (Phi) is 2.45. The van der Waals surface area contributed by atoms with Gasteiger partial charge in [-0.15, -0.1) is 0 Å². The number of piperidine rings is 1. The van der Waals surface area contributed by atoms with Crippen LogP contribution in [0.15, 0.2) is 0 Å². The number of alkyl halides is 1. The van der Waals surface area contributed by atoms with Gasteiger partial charge in [-0.1, -0.05) is 29.8 Å². The second kappa shape index (κ2) is 3.21. The van der Waals surface area contributed by atoms with E-state index in [2.05, 4.69) is 34.7 Å². The third kappa shape index (κ3) is 1.66. The van der Waals surface area contributed by atoms with E-state index in [9.17, 15) is 5.11 Å². The largest absolute Gasteiger partial charge is 0.391 e. The van der Waals surface area contributed by atoms with Crippen LogP contribution in [-0.4, -0.2) is 41.1 Å². The third-order valence-corrected chi connectivity index (χ3v) is 4.59. The fraction of sp³-hybridized carbons (Fsp3) is 1.00. The molecule has 1 saturated carbocycles. The topological polar surface area (TPSA) is 23.5 Å². The lowest BCUT2D eigenvalue weighted by atomic mass is 10.1. The molecule has 1 aliphatic heterocycles. The van der Waals surface area contributed by atoms with Gasteiger partial charge < -0.3 is 10.0 Å². The molecule has 3 heteroatoms. The Morgan fingerprint density at radius 3 is 2.46 bits per heavy atom. The average Bonchev–Trinajstić information content (AvgIpc) is 2.54. The highest BCUT2D eigenvalue weighted by Crippen LogP contribution is 2.61. The van der Waals surface area contributed by atoms with Gasteiger partial charge in [0.15, 0.2) is 0 Å². The molecule has 0 aromatic carbocycles. The fourth-order valence-corrected chi connectivity index (χ4v) is 2.91. The van der Waals surface area contributed by atoms with E-state index in [1.54, 1.807) is 0 Å². The molecule has 1 N–H and O–H groups in total. The van der Waals surface area contributed by atoms with Crippen LogP contribution in [0.25, 0.3) is 0 Å². The van der Waals surface area contributed by atoms with Gasteiger partial charge in [-0.25, -0.2) is 0 Å². The Morgan fingerprint density at radius 2 is 2.00 bits per heavy atom. The van der Waals surface area contributed by atoms with Crippen LogP contribution in [0, 0.1) is 17.3 Å². The smallest absolute Gasteiger partial charge is 0.0763 e. The van der Waals surface area contributed by atoms with Gasteiger partial charge in [0, 0.05) is 25.0 Å². The van der Waals surface area contributed by atoms with Crippen molar-refractivity contribution in [2.45, 2.75) is 20.0 Å². The average molecular weight is 248 g/mol. The van der Waals surface area contributed by atoms with Gasteiger partial charge in [0.2, 0.25) is 0 Å². The van der Waals surface area contributed by atoms with Crippen molar-refractivity contribution in [2.24, 2.45) is 17.3 Å². The normalized spacial score (nSPS) is 38.8. The van der Waals surface area contributed by atoms with E-state index < -0.39 is 0 Å². The molecule has 2 aliphatic rings. The third-order valence-electron chi connectivity index (χ3n) is 3.84. The molecule has 0 radical (unpaired) electrons. The molecule has 1 heterocycles. The van der Waals surface area contributed by atoms with Crippen molar-refractivity contribution in [3.8, 4) is 0 Å². The SMILES string of the molecule is CC1(C)C2CN(CC(O)CBr)CC21. The highest BCUT2D eigenvalue weighted by molar-refractivity contribution is 9.09. The maximum atomic E-state index is 9.46. The minimum Gasteiger partial charge on any atom is -0.391 e. The summed E-state index contributed by atoms with van der Waals surface area (Å²) in [6, 6.07) is 0. The number of rotatable bonds is 3. The molecule has 0 aromatic heterocycles. The van der Waals surface area contributed by atoms with Crippen LogP contribution in [0.5, 0.6) is 0 Å². The molecule has 13 heavy (non-hydrogen) atoms. The van der Waals surface area contributed by atoms with Gasteiger partial charge in [0.25, 0.3) is 0 Å². The molecule has 2 rings (SSSR count). The van der Waals surface area contributed by atoms with E-state index in [0.29, 0.717) is 10.7 Å². The first-order chi connectivity index (χ1) is 6.05. The highest BCUT2D eigenvalue weighted by Gasteiger charge is 2.61. The number of likely N-dealkylation sites (tertiary alicyclic amines) is 1. The lowest BCUT2D eigenvalue weighted by Gasteiger charge is -2.23. The first-order valence-electron chi connectivity index (χ1n) is 5.02. The van der Waals surface area contributed by atoms with Crippen molar-refractivity contribution in [2.75, 3.05) is 25.0 Å². The quantitative estimate of drug-likeness (QED) is 0.762. The van der Waals surface area contributed by atoms with Crippen LogP contribution in [-0.2, 0) is 0 Å². The van der Waals surface area contributed by atoms with E-state index in [0.717, 1.165) is 18.4 Å². The molecule has 2 nitrogen and oxygen atoms in total. The Balaban J connectivity index is 1.78. The number of fused-ring (bicyclic) bond motifs is 1. The van der Waals surface area contributed by atoms with Gasteiger partial charge in [-0.05, 0) is 17.3 Å². The predicted molar refractivity (Wildman–Crippen MR) is 57.0 cm³/mol. The summed E-state index contributed by atoms with van der Waals surface area (Å²) in [6.07, 6.45) is -0.194. The van der Waals surface area contributed by atoms with Crippen molar-refractivity contribution in [3.63, 3.8) is 0 Å². The van der Waals surface area contributed by atoms with E-state index in [-0.39, 0.29) is 6.10 Å². The van der Waals surface area contributed by atoms with Crippen LogP contribution < -0.4 is 0 Å². The molecule has 76 valence electrons. The van der Waals surface area contributed by atoms with Gasteiger partial charge >= 0.3 is 0 Å². The van der Waals surface area contributed by atoms with Crippen LogP contribution in [0.2, 0.25) is 0 Å². The Morgan fingerprint density at radius 1 is 1.46 bits per heavy atom. The van der Waals surface area contributed by atoms with Crippen molar-refractivity contribution >= 4 is 15.9 Å². The van der Waals surface area contributed by atoms with Gasteiger partial charge in [-0.3, -0.25) is 0 Å². The molecule has 2 fully saturated rings. The van der Waals surface area contributed by atoms with E-state index in [1.165, 1.54) is 13.1 Å². The van der Waals surface area contributed by atoms with Gasteiger partial charge in [-0.2, -0.15) is 0 Å². The molecule has 0 amide bonds. The number of aliphatic hydroxyl groups is 1. The van der Waals surface area contributed by atoms with Crippen LogP contribution in [0.4, 0.5) is 0 Å². The van der Waals surface area contributed by atoms with Crippen molar-refractivity contribution in [1.29, 1.82) is 0 Å². The van der Waals surface area contributed by atoms with Crippen molar-refractivity contribution in [1.82, 2.24) is 4.90 Å². The highest BCUT2D eigenvalue weighted by atomic mass is 79.9. The zero-order valence-corrected chi connectivity index (χ0v) is 9.92. The maximum absolute atomic E-state index is 9.46. The zero-order valence-electron chi connectivity index (χ0n) is 8.33. The number of hydrogen-bond acceptors (Lipinski definition) is 2. The number of aliphatic hydroxyl groups excluding tert-OH is 1. The maximum Gasteiger partial charge on any atom is 0.0763 e. The van der Waals surface area contributed by atoms with Crippen LogP contribution in [0.3, 0.4) is 0 Å². The van der Waals surface area contributed by atoms with Crippen LogP contribution >= 0.6 is 15.9 Å².